The van der Waals surface area contributed by atoms with Gasteiger partial charge in [-0.1, -0.05) is 13.8 Å². The van der Waals surface area contributed by atoms with Crippen LogP contribution in [-0.4, -0.2) is 31.6 Å². The fourth-order valence-corrected chi connectivity index (χ4v) is 3.10. The van der Waals surface area contributed by atoms with Gasteiger partial charge >= 0.3 is 0 Å². The molecule has 2 atom stereocenters. The second-order valence-corrected chi connectivity index (χ2v) is 5.83. The van der Waals surface area contributed by atoms with Crippen LogP contribution in [0.2, 0.25) is 0 Å². The molecule has 2 aliphatic rings. The lowest BCUT2D eigenvalue weighted by atomic mass is 9.80. The Hall–Kier alpha value is -0.120. The van der Waals surface area contributed by atoms with E-state index in [1.54, 1.807) is 0 Å². The number of hydrogen-bond acceptors (Lipinski definition) is 3. The molecule has 3 nitrogen and oxygen atoms in total. The SMILES string of the molecule is CC1CC(C)CC(NCC2(C)OCCO2)C1. The van der Waals surface area contributed by atoms with Crippen molar-refractivity contribution < 1.29 is 9.47 Å². The van der Waals surface area contributed by atoms with Gasteiger partial charge in [0.05, 0.1) is 13.2 Å². The van der Waals surface area contributed by atoms with Crippen molar-refractivity contribution in [2.24, 2.45) is 11.8 Å². The van der Waals surface area contributed by atoms with Crippen molar-refractivity contribution in [2.45, 2.75) is 51.9 Å². The molecule has 0 amide bonds. The summed E-state index contributed by atoms with van der Waals surface area (Å²) in [4.78, 5) is 0. The third-order valence-corrected chi connectivity index (χ3v) is 3.79. The smallest absolute Gasteiger partial charge is 0.178 e. The minimum absolute atomic E-state index is 0.385. The van der Waals surface area contributed by atoms with Crippen molar-refractivity contribution in [3.63, 3.8) is 0 Å². The van der Waals surface area contributed by atoms with Crippen LogP contribution in [-0.2, 0) is 9.47 Å². The molecule has 0 radical (unpaired) electrons. The first-order valence-electron chi connectivity index (χ1n) is 6.59. The van der Waals surface area contributed by atoms with Crippen molar-refractivity contribution >= 4 is 0 Å². The van der Waals surface area contributed by atoms with Crippen molar-refractivity contribution in [1.82, 2.24) is 5.32 Å². The summed E-state index contributed by atoms with van der Waals surface area (Å²) in [6.07, 6.45) is 3.96. The number of rotatable bonds is 3. The molecule has 0 aromatic carbocycles. The molecule has 0 aromatic heterocycles. The lowest BCUT2D eigenvalue weighted by molar-refractivity contribution is -0.139. The molecule has 1 aliphatic heterocycles. The van der Waals surface area contributed by atoms with E-state index in [9.17, 15) is 0 Å². The molecule has 16 heavy (non-hydrogen) atoms. The third-order valence-electron chi connectivity index (χ3n) is 3.79. The Morgan fingerprint density at radius 2 is 1.62 bits per heavy atom. The molecule has 1 saturated carbocycles. The molecular formula is C13H25NO2. The summed E-state index contributed by atoms with van der Waals surface area (Å²) in [6.45, 7) is 9.02. The van der Waals surface area contributed by atoms with E-state index < -0.39 is 0 Å². The van der Waals surface area contributed by atoms with Gasteiger partial charge in [0.1, 0.15) is 0 Å². The molecule has 1 aliphatic carbocycles. The standard InChI is InChI=1S/C13H25NO2/c1-10-6-11(2)8-12(7-10)14-9-13(3)15-4-5-16-13/h10-12,14H,4-9H2,1-3H3. The summed E-state index contributed by atoms with van der Waals surface area (Å²) < 4.78 is 11.2. The molecule has 2 fully saturated rings. The molecule has 3 heteroatoms. The van der Waals surface area contributed by atoms with Crippen LogP contribution in [0.25, 0.3) is 0 Å². The van der Waals surface area contributed by atoms with E-state index in [0.717, 1.165) is 31.6 Å². The monoisotopic (exact) mass is 227 g/mol. The fourth-order valence-electron chi connectivity index (χ4n) is 3.10. The highest BCUT2D eigenvalue weighted by Crippen LogP contribution is 2.29. The number of ether oxygens (including phenoxy) is 2. The van der Waals surface area contributed by atoms with Crippen LogP contribution < -0.4 is 5.32 Å². The van der Waals surface area contributed by atoms with Gasteiger partial charge in [0.15, 0.2) is 5.79 Å². The lowest BCUT2D eigenvalue weighted by Crippen LogP contribution is -2.45. The van der Waals surface area contributed by atoms with Gasteiger partial charge < -0.3 is 14.8 Å². The van der Waals surface area contributed by atoms with Gasteiger partial charge in [-0.2, -0.15) is 0 Å². The predicted octanol–water partition coefficient (Wildman–Crippen LogP) is 2.16. The van der Waals surface area contributed by atoms with Crippen LogP contribution in [0, 0.1) is 11.8 Å². The molecular weight excluding hydrogens is 202 g/mol. The van der Waals surface area contributed by atoms with E-state index in [2.05, 4.69) is 19.2 Å². The van der Waals surface area contributed by atoms with Gasteiger partial charge in [0.2, 0.25) is 0 Å². The summed E-state index contributed by atoms with van der Waals surface area (Å²) in [5, 5.41) is 3.61. The summed E-state index contributed by atoms with van der Waals surface area (Å²) in [5.74, 6) is 1.31. The van der Waals surface area contributed by atoms with Crippen molar-refractivity contribution in [3.8, 4) is 0 Å². The molecule has 0 aromatic rings. The molecule has 1 heterocycles. The van der Waals surface area contributed by atoms with E-state index in [4.69, 9.17) is 9.47 Å². The van der Waals surface area contributed by atoms with Crippen molar-refractivity contribution in [1.29, 1.82) is 0 Å². The number of nitrogens with one attached hydrogen (secondary N) is 1. The molecule has 2 unspecified atom stereocenters. The van der Waals surface area contributed by atoms with Crippen molar-refractivity contribution in [2.75, 3.05) is 19.8 Å². The molecule has 0 spiro atoms. The quantitative estimate of drug-likeness (QED) is 0.801. The van der Waals surface area contributed by atoms with E-state index >= 15 is 0 Å². The zero-order chi connectivity index (χ0) is 11.6. The summed E-state index contributed by atoms with van der Waals surface area (Å²) in [7, 11) is 0. The highest BCUT2D eigenvalue weighted by Gasteiger charge is 2.32. The van der Waals surface area contributed by atoms with E-state index in [1.165, 1.54) is 19.3 Å². The van der Waals surface area contributed by atoms with Gasteiger partial charge in [0.25, 0.3) is 0 Å². The average Bonchev–Trinajstić information content (AvgIpc) is 2.62. The average molecular weight is 227 g/mol. The predicted molar refractivity (Wildman–Crippen MR) is 64.3 cm³/mol. The van der Waals surface area contributed by atoms with E-state index in [0.29, 0.717) is 6.04 Å². The normalized spacial score (nSPS) is 38.8. The second kappa shape index (κ2) is 5.03. The Morgan fingerprint density at radius 3 is 2.19 bits per heavy atom. The van der Waals surface area contributed by atoms with Crippen LogP contribution >= 0.6 is 0 Å². The molecule has 94 valence electrons. The summed E-state index contributed by atoms with van der Waals surface area (Å²) >= 11 is 0. The van der Waals surface area contributed by atoms with Crippen LogP contribution in [0.3, 0.4) is 0 Å². The highest BCUT2D eigenvalue weighted by molar-refractivity contribution is 4.82. The zero-order valence-electron chi connectivity index (χ0n) is 10.8. The largest absolute Gasteiger partial charge is 0.347 e. The topological polar surface area (TPSA) is 30.5 Å². The lowest BCUT2D eigenvalue weighted by Gasteiger charge is -2.34. The molecule has 0 bridgehead atoms. The Kier molecular flexibility index (Phi) is 3.88. The van der Waals surface area contributed by atoms with Gasteiger partial charge in [-0.25, -0.2) is 0 Å². The minimum atomic E-state index is -0.385. The second-order valence-electron chi connectivity index (χ2n) is 5.83. The van der Waals surface area contributed by atoms with Gasteiger partial charge in [-0.15, -0.1) is 0 Å². The van der Waals surface area contributed by atoms with Crippen LogP contribution in [0.1, 0.15) is 40.0 Å². The van der Waals surface area contributed by atoms with Gasteiger partial charge in [-0.3, -0.25) is 0 Å². The zero-order valence-corrected chi connectivity index (χ0v) is 10.8. The maximum absolute atomic E-state index is 5.60. The Balaban J connectivity index is 1.76. The Bertz CT molecular complexity index is 216. The van der Waals surface area contributed by atoms with Gasteiger partial charge in [0, 0.05) is 12.6 Å². The molecule has 2 rings (SSSR count). The van der Waals surface area contributed by atoms with Crippen LogP contribution in [0.15, 0.2) is 0 Å². The first-order chi connectivity index (χ1) is 7.57. The number of hydrogen-bond donors (Lipinski definition) is 1. The molecule has 1 N–H and O–H groups in total. The Morgan fingerprint density at radius 1 is 1.06 bits per heavy atom. The minimum Gasteiger partial charge on any atom is -0.347 e. The van der Waals surface area contributed by atoms with Crippen LogP contribution in [0.5, 0.6) is 0 Å². The van der Waals surface area contributed by atoms with Crippen LogP contribution in [0.4, 0.5) is 0 Å². The van der Waals surface area contributed by atoms with Crippen molar-refractivity contribution in [3.05, 3.63) is 0 Å². The van der Waals surface area contributed by atoms with E-state index in [1.807, 2.05) is 6.92 Å². The van der Waals surface area contributed by atoms with Gasteiger partial charge in [-0.05, 0) is 38.0 Å². The maximum Gasteiger partial charge on any atom is 0.178 e. The third kappa shape index (κ3) is 3.19. The first kappa shape index (κ1) is 12.3. The first-order valence-corrected chi connectivity index (χ1v) is 6.59. The maximum atomic E-state index is 5.60. The summed E-state index contributed by atoms with van der Waals surface area (Å²) in [6, 6.07) is 0.642. The highest BCUT2D eigenvalue weighted by atomic mass is 16.7. The fraction of sp³-hybridized carbons (Fsp3) is 1.00. The molecule has 1 saturated heterocycles. The van der Waals surface area contributed by atoms with E-state index in [-0.39, 0.29) is 5.79 Å². The summed E-state index contributed by atoms with van der Waals surface area (Å²) in [5.41, 5.74) is 0. The Labute approximate surface area is 98.9 Å².